The van der Waals surface area contributed by atoms with Gasteiger partial charge in [-0.1, -0.05) is 19.9 Å². The van der Waals surface area contributed by atoms with E-state index in [1.54, 1.807) is 13.8 Å². The summed E-state index contributed by atoms with van der Waals surface area (Å²) in [5, 5.41) is 2.22. The first-order valence-corrected chi connectivity index (χ1v) is 17.4. The molecule has 1 amide bonds. The molecule has 16 heteroatoms. The predicted molar refractivity (Wildman–Crippen MR) is 182 cm³/mol. The molecule has 0 radical (unpaired) electrons. The van der Waals surface area contributed by atoms with E-state index in [0.29, 0.717) is 19.2 Å². The van der Waals surface area contributed by atoms with Gasteiger partial charge in [-0.3, -0.25) is 14.4 Å². The highest BCUT2D eigenvalue weighted by Crippen LogP contribution is 2.43. The van der Waals surface area contributed by atoms with Crippen LogP contribution in [0.15, 0.2) is 29.2 Å². The minimum Gasteiger partial charge on any atom is -0.466 e. The fraction of sp³-hybridized carbons (Fsp3) is 0.500. The van der Waals surface area contributed by atoms with Crippen LogP contribution in [0.2, 0.25) is 0 Å². The van der Waals surface area contributed by atoms with Gasteiger partial charge in [-0.15, -0.1) is 0 Å². The molecule has 0 aliphatic carbocycles. The molecule has 1 fully saturated rings. The van der Waals surface area contributed by atoms with E-state index < -0.39 is 93.9 Å². The lowest BCUT2D eigenvalue weighted by atomic mass is 9.88. The highest BCUT2D eigenvalue weighted by molar-refractivity contribution is 5.82. The topological polar surface area (TPSA) is 80.6 Å². The Labute approximate surface area is 306 Å². The van der Waals surface area contributed by atoms with Crippen LogP contribution in [-0.2, 0) is 33.1 Å². The number of benzene rings is 2. The summed E-state index contributed by atoms with van der Waals surface area (Å²) in [6.07, 6.45) is -10.0. The van der Waals surface area contributed by atoms with Crippen LogP contribution >= 0.6 is 0 Å². The zero-order valence-corrected chi connectivity index (χ0v) is 30.6. The average molecular weight is 776 g/mol. The Morgan fingerprint density at radius 3 is 2.06 bits per heavy atom. The summed E-state index contributed by atoms with van der Waals surface area (Å²) in [6.45, 7) is 9.94. The number of carbonyl (C=O) groups excluding carboxylic acids is 2. The standard InChI is InChI=1S/C38H42F9N3O4/c1-7-54-30(52)17-27(32-34(40)24(15-26(35(32)41)38(45,46)47)31-20(4)14-21(5)33(39)22(31)6)48-36(53)28(13-19(2)3)50-18-23(9-12-49-10-8-11-49)25(16-29(50)51)37(42,43)44/h14-16,18-19,27-28H,7-13,17H2,1-6H3,(H,48,53). The van der Waals surface area contributed by atoms with Crippen molar-refractivity contribution in [2.45, 2.75) is 91.7 Å². The molecule has 1 aromatic heterocycles. The number of hydrogen-bond donors (Lipinski definition) is 1. The van der Waals surface area contributed by atoms with Crippen LogP contribution in [0.3, 0.4) is 0 Å². The van der Waals surface area contributed by atoms with Crippen molar-refractivity contribution < 1.29 is 53.8 Å². The van der Waals surface area contributed by atoms with E-state index >= 15 is 13.2 Å². The first-order chi connectivity index (χ1) is 25.1. The molecule has 4 rings (SSSR count). The maximum atomic E-state index is 16.7. The number of amides is 1. The summed E-state index contributed by atoms with van der Waals surface area (Å²) in [4.78, 5) is 42.1. The third kappa shape index (κ3) is 9.29. The molecule has 54 heavy (non-hydrogen) atoms. The van der Waals surface area contributed by atoms with Crippen LogP contribution in [0.5, 0.6) is 0 Å². The molecule has 1 aliphatic rings. The molecule has 2 unspecified atom stereocenters. The zero-order chi connectivity index (χ0) is 40.4. The number of rotatable bonds is 13. The van der Waals surface area contributed by atoms with E-state index in [1.807, 2.05) is 4.90 Å². The lowest BCUT2D eigenvalue weighted by Gasteiger charge is -2.31. The first kappa shape index (κ1) is 42.4. The second kappa shape index (κ2) is 16.6. The molecule has 0 spiro atoms. The van der Waals surface area contributed by atoms with Crippen molar-refractivity contribution in [3.63, 3.8) is 0 Å². The van der Waals surface area contributed by atoms with Gasteiger partial charge >= 0.3 is 18.3 Å². The lowest BCUT2D eigenvalue weighted by molar-refractivity contribution is -0.144. The van der Waals surface area contributed by atoms with Gasteiger partial charge in [0.25, 0.3) is 5.56 Å². The Kier molecular flexibility index (Phi) is 13.0. The van der Waals surface area contributed by atoms with E-state index in [-0.39, 0.29) is 59.9 Å². The number of carbonyl (C=O) groups is 2. The molecule has 0 saturated carbocycles. The normalized spacial score (nSPS) is 14.9. The largest absolute Gasteiger partial charge is 0.466 e. The molecule has 7 nitrogen and oxygen atoms in total. The maximum Gasteiger partial charge on any atom is 0.419 e. The highest BCUT2D eigenvalue weighted by atomic mass is 19.4. The Balaban J connectivity index is 1.93. The number of ether oxygens (including phenoxy) is 1. The van der Waals surface area contributed by atoms with E-state index in [9.17, 15) is 40.7 Å². The number of aromatic nitrogens is 1. The quantitative estimate of drug-likeness (QED) is 0.139. The van der Waals surface area contributed by atoms with Crippen molar-refractivity contribution in [3.05, 3.63) is 91.1 Å². The molecule has 1 saturated heterocycles. The predicted octanol–water partition coefficient (Wildman–Crippen LogP) is 8.54. The van der Waals surface area contributed by atoms with Gasteiger partial charge in [-0.2, -0.15) is 26.3 Å². The Morgan fingerprint density at radius 2 is 1.52 bits per heavy atom. The number of aryl methyl sites for hydroxylation is 2. The second-order valence-corrected chi connectivity index (χ2v) is 14.0. The molecule has 296 valence electrons. The number of nitrogens with one attached hydrogen (secondary N) is 1. The summed E-state index contributed by atoms with van der Waals surface area (Å²) in [7, 11) is 0. The molecule has 1 N–H and O–H groups in total. The van der Waals surface area contributed by atoms with Crippen molar-refractivity contribution in [1.82, 2.24) is 14.8 Å². The smallest absolute Gasteiger partial charge is 0.419 e. The maximum absolute atomic E-state index is 16.7. The van der Waals surface area contributed by atoms with Crippen LogP contribution < -0.4 is 10.9 Å². The number of esters is 1. The van der Waals surface area contributed by atoms with E-state index in [4.69, 9.17) is 4.74 Å². The van der Waals surface area contributed by atoms with Gasteiger partial charge in [0.05, 0.1) is 30.2 Å². The van der Waals surface area contributed by atoms with Crippen molar-refractivity contribution >= 4 is 11.9 Å². The summed E-state index contributed by atoms with van der Waals surface area (Å²) in [5.41, 5.74) is -7.26. The SMILES string of the molecule is CCOC(=O)CC(NC(=O)C(CC(C)C)n1cc(CCN2CCC2)c(C(F)(F)F)cc1=O)c1c(F)c(-c2c(C)cc(C)c(F)c2C)cc(C(F)(F)F)c1F. The molecule has 1 aliphatic heterocycles. The second-order valence-electron chi connectivity index (χ2n) is 14.0. The van der Waals surface area contributed by atoms with Crippen molar-refractivity contribution in [2.75, 3.05) is 26.2 Å². The Hall–Kier alpha value is -4.34. The molecule has 2 aromatic carbocycles. The minimum atomic E-state index is -5.44. The van der Waals surface area contributed by atoms with E-state index in [2.05, 4.69) is 5.32 Å². The lowest BCUT2D eigenvalue weighted by Crippen LogP contribution is -2.41. The van der Waals surface area contributed by atoms with Gasteiger partial charge in [0, 0.05) is 29.9 Å². The fourth-order valence-corrected chi connectivity index (χ4v) is 6.78. The molecule has 3 aromatic rings. The van der Waals surface area contributed by atoms with Gasteiger partial charge in [-0.05, 0) is 99.8 Å². The molecular weight excluding hydrogens is 733 g/mol. The number of halogens is 9. The van der Waals surface area contributed by atoms with Crippen molar-refractivity contribution in [1.29, 1.82) is 0 Å². The van der Waals surface area contributed by atoms with Gasteiger partial charge in [0.1, 0.15) is 23.5 Å². The first-order valence-electron chi connectivity index (χ1n) is 17.4. The average Bonchev–Trinajstić information content (AvgIpc) is 3.02. The summed E-state index contributed by atoms with van der Waals surface area (Å²) >= 11 is 0. The third-order valence-electron chi connectivity index (χ3n) is 9.48. The summed E-state index contributed by atoms with van der Waals surface area (Å²) in [5.74, 6) is -7.46. The highest BCUT2D eigenvalue weighted by Gasteiger charge is 2.41. The van der Waals surface area contributed by atoms with Crippen LogP contribution in [0.1, 0.15) is 91.1 Å². The van der Waals surface area contributed by atoms with Gasteiger partial charge in [-0.25, -0.2) is 13.2 Å². The number of hydrogen-bond acceptors (Lipinski definition) is 5. The fourth-order valence-electron chi connectivity index (χ4n) is 6.78. The van der Waals surface area contributed by atoms with Gasteiger partial charge in [0.2, 0.25) is 5.91 Å². The van der Waals surface area contributed by atoms with Crippen molar-refractivity contribution in [2.24, 2.45) is 5.92 Å². The summed E-state index contributed by atoms with van der Waals surface area (Å²) in [6, 6.07) is -2.03. The van der Waals surface area contributed by atoms with E-state index in [1.165, 1.54) is 33.8 Å². The number of alkyl halides is 6. The molecule has 2 atom stereocenters. The molecular formula is C38H42F9N3O4. The molecule has 0 bridgehead atoms. The Bertz CT molecular complexity index is 1950. The van der Waals surface area contributed by atoms with Crippen LogP contribution in [0, 0.1) is 44.1 Å². The summed E-state index contributed by atoms with van der Waals surface area (Å²) < 4.78 is 139. The number of pyridine rings is 1. The van der Waals surface area contributed by atoms with E-state index in [0.717, 1.165) is 17.2 Å². The van der Waals surface area contributed by atoms with Gasteiger partial charge in [0.15, 0.2) is 0 Å². The van der Waals surface area contributed by atoms with Gasteiger partial charge < -0.3 is 19.5 Å². The number of likely N-dealkylation sites (tertiary alicyclic amines) is 1. The minimum absolute atomic E-state index is 0.110. The van der Waals surface area contributed by atoms with Crippen molar-refractivity contribution in [3.8, 4) is 11.1 Å². The molecule has 2 heterocycles. The van der Waals surface area contributed by atoms with Crippen LogP contribution in [0.25, 0.3) is 11.1 Å². The zero-order valence-electron chi connectivity index (χ0n) is 30.6. The number of nitrogens with zero attached hydrogens (tertiary/aromatic N) is 2. The monoisotopic (exact) mass is 775 g/mol. The Morgan fingerprint density at radius 1 is 0.889 bits per heavy atom. The van der Waals surface area contributed by atoms with Crippen LogP contribution in [0.4, 0.5) is 39.5 Å². The van der Waals surface area contributed by atoms with Crippen LogP contribution in [-0.4, -0.2) is 47.6 Å². The third-order valence-corrected chi connectivity index (χ3v) is 9.48.